The Morgan fingerprint density at radius 1 is 1.16 bits per heavy atom. The summed E-state index contributed by atoms with van der Waals surface area (Å²) in [5.74, 6) is 0.817. The van der Waals surface area contributed by atoms with E-state index in [2.05, 4.69) is 14.9 Å². The number of amides is 2. The standard InChI is InChI=1S/C27H30FN5O3S/c1-2-18-21(9-8-20(30-18)27(35)29-16-6-7-16)36-15-23(34)33-13-10-19-24(25(33)26-17(28)11-14-37-26)32-12-4-3-5-22(32)31-19/h8-9,11,14,16,25H,2-7,10,12-13,15H2,1H3,(H,29,35). The van der Waals surface area contributed by atoms with Crippen LogP contribution >= 0.6 is 11.3 Å². The molecule has 2 amide bonds. The van der Waals surface area contributed by atoms with Gasteiger partial charge in [-0.2, -0.15) is 0 Å². The van der Waals surface area contributed by atoms with Crippen molar-refractivity contribution in [1.29, 1.82) is 0 Å². The van der Waals surface area contributed by atoms with Crippen LogP contribution in [-0.2, 0) is 30.6 Å². The van der Waals surface area contributed by atoms with Gasteiger partial charge in [0.05, 0.1) is 22.0 Å². The zero-order valence-corrected chi connectivity index (χ0v) is 21.7. The molecule has 37 heavy (non-hydrogen) atoms. The van der Waals surface area contributed by atoms with E-state index in [9.17, 15) is 14.0 Å². The van der Waals surface area contributed by atoms with Crippen molar-refractivity contribution in [3.63, 3.8) is 0 Å². The Hall–Kier alpha value is -3.27. The maximum absolute atomic E-state index is 14.9. The van der Waals surface area contributed by atoms with Crippen LogP contribution in [0.5, 0.6) is 5.75 Å². The minimum absolute atomic E-state index is 0.186. The van der Waals surface area contributed by atoms with E-state index >= 15 is 0 Å². The second kappa shape index (κ2) is 9.89. The zero-order chi connectivity index (χ0) is 25.5. The molecule has 3 aliphatic rings. The fourth-order valence-electron chi connectivity index (χ4n) is 5.30. The van der Waals surface area contributed by atoms with Gasteiger partial charge in [-0.25, -0.2) is 14.4 Å². The van der Waals surface area contributed by atoms with Gasteiger partial charge in [0.25, 0.3) is 11.8 Å². The van der Waals surface area contributed by atoms with Gasteiger partial charge in [-0.05, 0) is 55.7 Å². The zero-order valence-electron chi connectivity index (χ0n) is 20.8. The van der Waals surface area contributed by atoms with Crippen LogP contribution in [-0.4, -0.2) is 50.4 Å². The molecule has 1 atom stereocenters. The van der Waals surface area contributed by atoms with Crippen LogP contribution in [0.3, 0.4) is 0 Å². The number of imidazole rings is 1. The van der Waals surface area contributed by atoms with Crippen molar-refractivity contribution >= 4 is 23.2 Å². The molecule has 3 aromatic rings. The van der Waals surface area contributed by atoms with E-state index < -0.39 is 6.04 Å². The molecule has 194 valence electrons. The Labute approximate surface area is 218 Å². The van der Waals surface area contributed by atoms with Crippen LogP contribution < -0.4 is 10.1 Å². The third-order valence-corrected chi connectivity index (χ3v) is 8.28. The van der Waals surface area contributed by atoms with Gasteiger partial charge in [0, 0.05) is 32.0 Å². The van der Waals surface area contributed by atoms with E-state index in [-0.39, 0.29) is 30.3 Å². The van der Waals surface area contributed by atoms with Gasteiger partial charge in [-0.3, -0.25) is 9.59 Å². The molecule has 6 rings (SSSR count). The summed E-state index contributed by atoms with van der Waals surface area (Å²) in [6.45, 7) is 3.03. The average molecular weight is 524 g/mol. The number of pyridine rings is 1. The van der Waals surface area contributed by atoms with Gasteiger partial charge in [0.1, 0.15) is 29.1 Å². The number of fused-ring (bicyclic) bond motifs is 3. The highest BCUT2D eigenvalue weighted by molar-refractivity contribution is 7.10. The van der Waals surface area contributed by atoms with E-state index in [0.29, 0.717) is 41.4 Å². The predicted octanol–water partition coefficient (Wildman–Crippen LogP) is 3.82. The van der Waals surface area contributed by atoms with Crippen molar-refractivity contribution in [2.75, 3.05) is 13.2 Å². The van der Waals surface area contributed by atoms with Crippen molar-refractivity contribution < 1.29 is 18.7 Å². The molecule has 10 heteroatoms. The van der Waals surface area contributed by atoms with Crippen LogP contribution in [0, 0.1) is 5.82 Å². The molecule has 0 spiro atoms. The van der Waals surface area contributed by atoms with Gasteiger partial charge in [-0.15, -0.1) is 11.3 Å². The van der Waals surface area contributed by atoms with Crippen LogP contribution in [0.25, 0.3) is 0 Å². The highest BCUT2D eigenvalue weighted by Crippen LogP contribution is 2.40. The molecule has 1 saturated carbocycles. The lowest BCUT2D eigenvalue weighted by molar-refractivity contribution is -0.135. The second-order valence-electron chi connectivity index (χ2n) is 9.87. The Balaban J connectivity index is 1.24. The Kier molecular flexibility index (Phi) is 6.44. The number of rotatable bonds is 7. The molecular formula is C27H30FN5O3S. The van der Waals surface area contributed by atoms with E-state index in [0.717, 1.165) is 55.9 Å². The van der Waals surface area contributed by atoms with Crippen LogP contribution in [0.4, 0.5) is 4.39 Å². The maximum Gasteiger partial charge on any atom is 0.270 e. The quantitative estimate of drug-likeness (QED) is 0.509. The van der Waals surface area contributed by atoms with Crippen molar-refractivity contribution in [1.82, 2.24) is 24.8 Å². The molecule has 1 fully saturated rings. The molecule has 8 nitrogen and oxygen atoms in total. The average Bonchev–Trinajstić information content (AvgIpc) is 3.50. The number of hydrogen-bond donors (Lipinski definition) is 1. The molecule has 1 aliphatic carbocycles. The maximum atomic E-state index is 14.9. The summed E-state index contributed by atoms with van der Waals surface area (Å²) >= 11 is 1.33. The Morgan fingerprint density at radius 3 is 2.78 bits per heavy atom. The number of aromatic nitrogens is 3. The number of ether oxygens (including phenoxy) is 1. The smallest absolute Gasteiger partial charge is 0.270 e. The van der Waals surface area contributed by atoms with Gasteiger partial charge in [-0.1, -0.05) is 6.92 Å². The first-order valence-corrected chi connectivity index (χ1v) is 14.0. The number of thiophene rings is 1. The van der Waals surface area contributed by atoms with Crippen LogP contribution in [0.2, 0.25) is 0 Å². The molecule has 3 aromatic heterocycles. The molecule has 1 N–H and O–H groups in total. The minimum Gasteiger partial charge on any atom is -0.482 e. The molecule has 0 aromatic carbocycles. The van der Waals surface area contributed by atoms with Gasteiger partial charge in [0.2, 0.25) is 0 Å². The molecule has 0 bridgehead atoms. The molecule has 1 unspecified atom stereocenters. The Bertz CT molecular complexity index is 1350. The number of halogens is 1. The van der Waals surface area contributed by atoms with Crippen molar-refractivity contribution in [2.24, 2.45) is 0 Å². The fourth-order valence-corrected chi connectivity index (χ4v) is 6.18. The van der Waals surface area contributed by atoms with E-state index in [4.69, 9.17) is 9.72 Å². The number of hydrogen-bond acceptors (Lipinski definition) is 6. The third kappa shape index (κ3) is 4.63. The van der Waals surface area contributed by atoms with E-state index in [1.165, 1.54) is 17.4 Å². The third-order valence-electron chi connectivity index (χ3n) is 7.33. The van der Waals surface area contributed by atoms with E-state index in [1.807, 2.05) is 6.92 Å². The molecular weight excluding hydrogens is 493 g/mol. The first-order valence-electron chi connectivity index (χ1n) is 13.1. The SMILES string of the molecule is CCc1nc(C(=O)NC2CC2)ccc1OCC(=O)N1CCc2nc3n(c2C1c1sccc1F)CCCC3. The first-order chi connectivity index (χ1) is 18.0. The minimum atomic E-state index is -0.517. The lowest BCUT2D eigenvalue weighted by atomic mass is 10.00. The van der Waals surface area contributed by atoms with E-state index in [1.54, 1.807) is 22.4 Å². The fraction of sp³-hybridized carbons (Fsp3) is 0.481. The van der Waals surface area contributed by atoms with Crippen LogP contribution in [0.1, 0.15) is 76.9 Å². The Morgan fingerprint density at radius 2 is 2.03 bits per heavy atom. The summed E-state index contributed by atoms with van der Waals surface area (Å²) in [5, 5.41) is 4.67. The largest absolute Gasteiger partial charge is 0.482 e. The second-order valence-corrected chi connectivity index (χ2v) is 10.8. The van der Waals surface area contributed by atoms with Crippen molar-refractivity contribution in [2.45, 2.75) is 70.5 Å². The predicted molar refractivity (Wildman–Crippen MR) is 136 cm³/mol. The van der Waals surface area contributed by atoms with Gasteiger partial charge in [0.15, 0.2) is 6.61 Å². The molecule has 0 radical (unpaired) electrons. The monoisotopic (exact) mass is 523 g/mol. The van der Waals surface area contributed by atoms with Crippen molar-refractivity contribution in [3.8, 4) is 5.75 Å². The number of carbonyl (C=O) groups excluding carboxylic acids is 2. The summed E-state index contributed by atoms with van der Waals surface area (Å²) in [6, 6.07) is 4.53. The lowest BCUT2D eigenvalue weighted by Crippen LogP contribution is -2.43. The highest BCUT2D eigenvalue weighted by atomic mass is 32.1. The molecule has 0 saturated heterocycles. The number of nitrogens with zero attached hydrogens (tertiary/aromatic N) is 4. The topological polar surface area (TPSA) is 89.3 Å². The molecule has 5 heterocycles. The number of aryl methyl sites for hydroxylation is 2. The summed E-state index contributed by atoms with van der Waals surface area (Å²) in [4.78, 5) is 37.6. The lowest BCUT2D eigenvalue weighted by Gasteiger charge is -2.36. The normalized spacial score (nSPS) is 18.8. The van der Waals surface area contributed by atoms with Gasteiger partial charge >= 0.3 is 0 Å². The van der Waals surface area contributed by atoms with Gasteiger partial charge < -0.3 is 19.5 Å². The molecule has 2 aliphatic heterocycles. The van der Waals surface area contributed by atoms with Crippen molar-refractivity contribution in [3.05, 3.63) is 62.9 Å². The summed E-state index contributed by atoms with van der Waals surface area (Å²) in [7, 11) is 0. The summed E-state index contributed by atoms with van der Waals surface area (Å²) in [5.41, 5.74) is 2.89. The summed E-state index contributed by atoms with van der Waals surface area (Å²) < 4.78 is 23.1. The number of carbonyl (C=O) groups is 2. The highest BCUT2D eigenvalue weighted by Gasteiger charge is 2.39. The summed E-state index contributed by atoms with van der Waals surface area (Å²) in [6.07, 6.45) is 6.26. The first kappa shape index (κ1) is 24.1. The number of nitrogens with one attached hydrogen (secondary N) is 1. The van der Waals surface area contributed by atoms with Crippen LogP contribution in [0.15, 0.2) is 23.6 Å².